The van der Waals surface area contributed by atoms with Gasteiger partial charge >= 0.3 is 0 Å². The van der Waals surface area contributed by atoms with Crippen molar-refractivity contribution in [3.8, 4) is 10.6 Å². The maximum Gasteiger partial charge on any atom is 0.223 e. The molecule has 5 nitrogen and oxygen atoms in total. The predicted octanol–water partition coefficient (Wildman–Crippen LogP) is 3.44. The number of rotatable bonds is 6. The molecule has 2 aromatic rings. The highest BCUT2D eigenvalue weighted by Gasteiger charge is 2.21. The van der Waals surface area contributed by atoms with Crippen LogP contribution in [0.1, 0.15) is 36.9 Å². The highest BCUT2D eigenvalue weighted by molar-refractivity contribution is 7.90. The van der Waals surface area contributed by atoms with Gasteiger partial charge in [-0.3, -0.25) is 4.79 Å². The lowest BCUT2D eigenvalue weighted by Gasteiger charge is -2.26. The van der Waals surface area contributed by atoms with Crippen molar-refractivity contribution in [1.29, 1.82) is 0 Å². The van der Waals surface area contributed by atoms with Gasteiger partial charge in [0.1, 0.15) is 5.01 Å². The first-order chi connectivity index (χ1) is 12.4. The lowest BCUT2D eigenvalue weighted by atomic mass is 10.1. The van der Waals surface area contributed by atoms with E-state index in [0.29, 0.717) is 5.69 Å². The number of aryl methyl sites for hydroxylation is 1. The molecular formula is C19H24N2O3S2. The van der Waals surface area contributed by atoms with Crippen molar-refractivity contribution in [1.82, 2.24) is 9.88 Å². The van der Waals surface area contributed by atoms with Gasteiger partial charge in [-0.2, -0.15) is 0 Å². The Labute approximate surface area is 159 Å². The second-order valence-corrected chi connectivity index (χ2v) is 9.84. The number of aromatic nitrogens is 1. The summed E-state index contributed by atoms with van der Waals surface area (Å²) in [6.07, 6.45) is 3.24. The summed E-state index contributed by atoms with van der Waals surface area (Å²) in [7, 11) is -3.35. The Morgan fingerprint density at radius 3 is 2.54 bits per heavy atom. The first kappa shape index (κ1) is 19.0. The monoisotopic (exact) mass is 392 g/mol. The van der Waals surface area contributed by atoms with Gasteiger partial charge in [0.05, 0.1) is 17.2 Å². The molecule has 0 radical (unpaired) electrons. The molecule has 1 saturated heterocycles. The lowest BCUT2D eigenvalue weighted by Crippen LogP contribution is -2.36. The number of likely N-dealkylation sites (tertiary alicyclic amines) is 1. The highest BCUT2D eigenvalue weighted by Crippen LogP contribution is 2.25. The lowest BCUT2D eigenvalue weighted by molar-refractivity contribution is -0.131. The Bertz CT molecular complexity index is 851. The third-order valence-electron chi connectivity index (χ3n) is 4.55. The maximum atomic E-state index is 12.4. The maximum absolute atomic E-state index is 12.4. The second-order valence-electron chi connectivity index (χ2n) is 6.79. The van der Waals surface area contributed by atoms with Gasteiger partial charge in [0.2, 0.25) is 5.91 Å². The minimum atomic E-state index is -3.35. The highest BCUT2D eigenvalue weighted by atomic mass is 32.2. The zero-order chi connectivity index (χ0) is 18.6. The van der Waals surface area contributed by atoms with E-state index in [1.54, 1.807) is 10.3 Å². The summed E-state index contributed by atoms with van der Waals surface area (Å²) in [6.45, 7) is 3.53. The fourth-order valence-corrected chi connectivity index (χ4v) is 5.20. The normalized spacial score (nSPS) is 15.2. The van der Waals surface area contributed by atoms with E-state index in [4.69, 9.17) is 0 Å². The van der Waals surface area contributed by atoms with Crippen molar-refractivity contribution < 1.29 is 13.2 Å². The van der Waals surface area contributed by atoms with Crippen LogP contribution in [-0.4, -0.2) is 43.1 Å². The Kier molecular flexibility index (Phi) is 6.09. The number of benzene rings is 1. The van der Waals surface area contributed by atoms with E-state index in [0.717, 1.165) is 42.9 Å². The number of thiazole rings is 1. The topological polar surface area (TPSA) is 67.3 Å². The van der Waals surface area contributed by atoms with E-state index in [1.165, 1.54) is 16.9 Å². The minimum Gasteiger partial charge on any atom is -0.343 e. The molecule has 0 atom stereocenters. The van der Waals surface area contributed by atoms with E-state index >= 15 is 0 Å². The average molecular weight is 393 g/mol. The zero-order valence-electron chi connectivity index (χ0n) is 15.0. The molecule has 3 rings (SSSR count). The van der Waals surface area contributed by atoms with Crippen LogP contribution in [0, 0.1) is 6.92 Å². The standard InChI is InChI=1S/C19H24N2O3S2/c1-15-5-7-16(8-6-15)19-20-17(13-25-19)14-26(23,24)12-9-18(22)21-10-3-2-4-11-21/h5-8,13H,2-4,9-12,14H2,1H3. The van der Waals surface area contributed by atoms with Crippen LogP contribution in [0.3, 0.4) is 0 Å². The van der Waals surface area contributed by atoms with Crippen molar-refractivity contribution in [2.75, 3.05) is 18.8 Å². The van der Waals surface area contributed by atoms with Crippen LogP contribution in [0.25, 0.3) is 10.6 Å². The number of amides is 1. The molecule has 0 bridgehead atoms. The first-order valence-electron chi connectivity index (χ1n) is 8.93. The quantitative estimate of drug-likeness (QED) is 0.755. The average Bonchev–Trinajstić information content (AvgIpc) is 3.09. The second kappa shape index (κ2) is 8.31. The van der Waals surface area contributed by atoms with E-state index in [9.17, 15) is 13.2 Å². The van der Waals surface area contributed by atoms with Gasteiger partial charge in [0.25, 0.3) is 0 Å². The summed E-state index contributed by atoms with van der Waals surface area (Å²) >= 11 is 1.45. The SMILES string of the molecule is Cc1ccc(-c2nc(CS(=O)(=O)CCC(=O)N3CCCCC3)cs2)cc1. The smallest absolute Gasteiger partial charge is 0.223 e. The van der Waals surface area contributed by atoms with Crippen LogP contribution in [0.5, 0.6) is 0 Å². The van der Waals surface area contributed by atoms with Gasteiger partial charge in [0.15, 0.2) is 9.84 Å². The third-order valence-corrected chi connectivity index (χ3v) is 7.06. The molecule has 1 aromatic heterocycles. The van der Waals surface area contributed by atoms with Crippen molar-refractivity contribution in [2.24, 2.45) is 0 Å². The van der Waals surface area contributed by atoms with E-state index in [2.05, 4.69) is 4.98 Å². The van der Waals surface area contributed by atoms with Crippen molar-refractivity contribution >= 4 is 27.1 Å². The molecule has 1 aromatic carbocycles. The predicted molar refractivity (Wildman–Crippen MR) is 105 cm³/mol. The van der Waals surface area contributed by atoms with Gasteiger partial charge in [-0.15, -0.1) is 11.3 Å². The molecule has 0 spiro atoms. The molecule has 0 saturated carbocycles. The number of sulfone groups is 1. The number of carbonyl (C=O) groups excluding carboxylic acids is 1. The van der Waals surface area contributed by atoms with E-state index < -0.39 is 9.84 Å². The summed E-state index contributed by atoms with van der Waals surface area (Å²) in [5.41, 5.74) is 2.71. The summed E-state index contributed by atoms with van der Waals surface area (Å²) < 4.78 is 24.7. The number of hydrogen-bond acceptors (Lipinski definition) is 5. The van der Waals surface area contributed by atoms with Crippen LogP contribution in [0.2, 0.25) is 0 Å². The van der Waals surface area contributed by atoms with Crippen LogP contribution in [-0.2, 0) is 20.4 Å². The molecule has 1 amide bonds. The van der Waals surface area contributed by atoms with Crippen LogP contribution < -0.4 is 0 Å². The van der Waals surface area contributed by atoms with E-state index in [-0.39, 0.29) is 23.8 Å². The molecule has 0 aliphatic carbocycles. The number of nitrogens with zero attached hydrogens (tertiary/aromatic N) is 2. The Morgan fingerprint density at radius 1 is 1.15 bits per heavy atom. The third kappa shape index (κ3) is 5.14. The summed E-state index contributed by atoms with van der Waals surface area (Å²) in [5.74, 6) is -0.269. The molecule has 2 heterocycles. The zero-order valence-corrected chi connectivity index (χ0v) is 16.6. The Hall–Kier alpha value is -1.73. The van der Waals surface area contributed by atoms with Gasteiger partial charge in [-0.05, 0) is 26.2 Å². The molecule has 0 N–H and O–H groups in total. The van der Waals surface area contributed by atoms with Crippen molar-refractivity contribution in [2.45, 2.75) is 38.4 Å². The molecule has 7 heteroatoms. The minimum absolute atomic E-state index is 0.0492. The molecular weight excluding hydrogens is 368 g/mol. The molecule has 1 aliphatic rings. The van der Waals surface area contributed by atoms with Crippen molar-refractivity contribution in [3.63, 3.8) is 0 Å². The number of hydrogen-bond donors (Lipinski definition) is 0. The first-order valence-corrected chi connectivity index (χ1v) is 11.6. The summed E-state index contributed by atoms with van der Waals surface area (Å²) in [4.78, 5) is 18.4. The number of carbonyl (C=O) groups is 1. The molecule has 140 valence electrons. The number of piperidine rings is 1. The van der Waals surface area contributed by atoms with Crippen LogP contribution in [0.15, 0.2) is 29.6 Å². The molecule has 0 unspecified atom stereocenters. The Morgan fingerprint density at radius 2 is 1.85 bits per heavy atom. The van der Waals surface area contributed by atoms with Gasteiger partial charge in [-0.1, -0.05) is 29.8 Å². The Balaban J connectivity index is 1.57. The van der Waals surface area contributed by atoms with Crippen molar-refractivity contribution in [3.05, 3.63) is 40.9 Å². The fraction of sp³-hybridized carbons (Fsp3) is 0.474. The molecule has 1 aliphatic heterocycles. The fourth-order valence-electron chi connectivity index (χ4n) is 3.04. The largest absolute Gasteiger partial charge is 0.343 e. The molecule has 26 heavy (non-hydrogen) atoms. The summed E-state index contributed by atoms with van der Waals surface area (Å²) in [6, 6.07) is 8.01. The van der Waals surface area contributed by atoms with Gasteiger partial charge in [0, 0.05) is 30.5 Å². The van der Waals surface area contributed by atoms with E-state index in [1.807, 2.05) is 31.2 Å². The molecule has 1 fully saturated rings. The van der Waals surface area contributed by atoms with Gasteiger partial charge < -0.3 is 4.90 Å². The van der Waals surface area contributed by atoms with Crippen LogP contribution >= 0.6 is 11.3 Å². The summed E-state index contributed by atoms with van der Waals surface area (Å²) in [5, 5.41) is 2.61. The van der Waals surface area contributed by atoms with Crippen LogP contribution in [0.4, 0.5) is 0 Å². The van der Waals surface area contributed by atoms with Gasteiger partial charge in [-0.25, -0.2) is 13.4 Å².